The normalized spacial score (nSPS) is 47.2. The number of ether oxygens (including phenoxy) is 1. The molecule has 4 rings (SSSR count). The zero-order valence-corrected chi connectivity index (χ0v) is 19.9. The largest absolute Gasteiger partial charge is 0.450 e. The van der Waals surface area contributed by atoms with Gasteiger partial charge in [0.05, 0.1) is 18.1 Å². The maximum absolute atomic E-state index is 13.3. The minimum atomic E-state index is -1.44. The SMILES string of the molecule is CCC(=O)O[C@]1(C(=O)CCl)C(C)C[C@H]2[C@@H]3C(O)CC4=CC(=O)C=C[C@]4(C)[C@H]3C(O)C[C@@]21C. The summed E-state index contributed by atoms with van der Waals surface area (Å²) in [5.41, 5.74) is -2.01. The second kappa shape index (κ2) is 7.78. The molecule has 3 fully saturated rings. The molecule has 3 unspecified atom stereocenters. The standard InChI is InChI=1S/C25H33ClO6/c1-5-20(31)32-25(19(30)12-26)13(2)8-16-21-17(28)10-14-9-15(27)6-7-23(14,3)22(21)18(29)11-24(16,25)4/h6-7,9,13,16-18,21-22,28-29H,5,8,10-12H2,1-4H3/t13?,16-,17?,18?,21+,22-,23-,24-,25-/m0/s1. The molecule has 4 aliphatic rings. The summed E-state index contributed by atoms with van der Waals surface area (Å²) in [7, 11) is 0. The molecule has 4 aliphatic carbocycles. The predicted octanol–water partition coefficient (Wildman–Crippen LogP) is 2.98. The van der Waals surface area contributed by atoms with E-state index < -0.39 is 34.6 Å². The van der Waals surface area contributed by atoms with E-state index in [1.807, 2.05) is 26.8 Å². The predicted molar refractivity (Wildman–Crippen MR) is 119 cm³/mol. The molecule has 0 aromatic rings. The Hall–Kier alpha value is -1.50. The third-order valence-electron chi connectivity index (χ3n) is 9.16. The number of ketones is 2. The van der Waals surface area contributed by atoms with Gasteiger partial charge in [0, 0.05) is 29.1 Å². The Balaban J connectivity index is 1.84. The molecule has 0 aromatic heterocycles. The maximum atomic E-state index is 13.3. The summed E-state index contributed by atoms with van der Waals surface area (Å²) in [4.78, 5) is 37.8. The first-order valence-corrected chi connectivity index (χ1v) is 12.1. The molecule has 0 saturated heterocycles. The second-order valence-corrected chi connectivity index (χ2v) is 10.9. The van der Waals surface area contributed by atoms with Crippen LogP contribution in [0.5, 0.6) is 0 Å². The van der Waals surface area contributed by atoms with Crippen LogP contribution in [0.25, 0.3) is 0 Å². The van der Waals surface area contributed by atoms with E-state index in [0.717, 1.165) is 5.57 Å². The average molecular weight is 465 g/mol. The van der Waals surface area contributed by atoms with Gasteiger partial charge in [0.15, 0.2) is 17.2 Å². The minimum Gasteiger partial charge on any atom is -0.450 e. The Bertz CT molecular complexity index is 910. The average Bonchev–Trinajstić information content (AvgIpc) is 2.95. The van der Waals surface area contributed by atoms with Crippen LogP contribution in [0, 0.1) is 34.5 Å². The lowest BCUT2D eigenvalue weighted by Gasteiger charge is -2.61. The van der Waals surface area contributed by atoms with Gasteiger partial charge < -0.3 is 14.9 Å². The highest BCUT2D eigenvalue weighted by Crippen LogP contribution is 2.69. The Morgan fingerprint density at radius 1 is 1.25 bits per heavy atom. The van der Waals surface area contributed by atoms with E-state index in [9.17, 15) is 24.6 Å². The highest BCUT2D eigenvalue weighted by molar-refractivity contribution is 6.29. The third-order valence-corrected chi connectivity index (χ3v) is 9.41. The lowest BCUT2D eigenvalue weighted by Crippen LogP contribution is -2.65. The summed E-state index contributed by atoms with van der Waals surface area (Å²) in [5.74, 6) is -2.27. The van der Waals surface area contributed by atoms with Crippen LogP contribution in [0.3, 0.4) is 0 Å². The first-order chi connectivity index (χ1) is 15.0. The number of hydrogen-bond acceptors (Lipinski definition) is 6. The minimum absolute atomic E-state index is 0.106. The van der Waals surface area contributed by atoms with Crippen LogP contribution in [0.15, 0.2) is 23.8 Å². The Kier molecular flexibility index (Phi) is 5.75. The molecule has 7 heteroatoms. The van der Waals surface area contributed by atoms with Crippen molar-refractivity contribution in [2.75, 3.05) is 5.88 Å². The summed E-state index contributed by atoms with van der Waals surface area (Å²) < 4.78 is 5.96. The summed E-state index contributed by atoms with van der Waals surface area (Å²) >= 11 is 6.03. The number of allylic oxidation sites excluding steroid dienone is 3. The number of Topliss-reactive ketones (excluding diaryl/α,β-unsaturated/α-hetero) is 1. The number of aliphatic hydroxyl groups is 2. The van der Waals surface area contributed by atoms with Crippen molar-refractivity contribution < 1.29 is 29.3 Å². The second-order valence-electron chi connectivity index (χ2n) is 10.6. The fourth-order valence-electron chi connectivity index (χ4n) is 7.83. The van der Waals surface area contributed by atoms with Crippen LogP contribution in [-0.2, 0) is 19.1 Å². The van der Waals surface area contributed by atoms with Crippen molar-refractivity contribution in [2.45, 2.75) is 71.2 Å². The molecule has 0 aromatic carbocycles. The highest BCUT2D eigenvalue weighted by Gasteiger charge is 2.73. The molecule has 0 radical (unpaired) electrons. The van der Waals surface area contributed by atoms with Crippen molar-refractivity contribution in [3.63, 3.8) is 0 Å². The maximum Gasteiger partial charge on any atom is 0.306 e. The van der Waals surface area contributed by atoms with Crippen molar-refractivity contribution >= 4 is 29.1 Å². The van der Waals surface area contributed by atoms with Gasteiger partial charge in [-0.2, -0.15) is 0 Å². The molecule has 32 heavy (non-hydrogen) atoms. The van der Waals surface area contributed by atoms with Crippen molar-refractivity contribution in [3.05, 3.63) is 23.8 Å². The monoisotopic (exact) mass is 464 g/mol. The number of hydrogen-bond donors (Lipinski definition) is 2. The van der Waals surface area contributed by atoms with E-state index >= 15 is 0 Å². The van der Waals surface area contributed by atoms with Gasteiger partial charge in [-0.05, 0) is 43.3 Å². The molecule has 3 saturated carbocycles. The lowest BCUT2D eigenvalue weighted by molar-refractivity contribution is -0.209. The first-order valence-electron chi connectivity index (χ1n) is 11.6. The summed E-state index contributed by atoms with van der Waals surface area (Å²) in [5, 5.41) is 22.8. The number of aliphatic hydroxyl groups excluding tert-OH is 2. The van der Waals surface area contributed by atoms with Gasteiger partial charge in [0.2, 0.25) is 0 Å². The zero-order valence-electron chi connectivity index (χ0n) is 19.1. The topological polar surface area (TPSA) is 101 Å². The zero-order chi connectivity index (χ0) is 23.6. The molecule has 176 valence electrons. The van der Waals surface area contributed by atoms with Gasteiger partial charge in [-0.3, -0.25) is 14.4 Å². The van der Waals surface area contributed by atoms with E-state index in [-0.39, 0.29) is 54.0 Å². The Labute approximate surface area is 194 Å². The number of esters is 1. The fraction of sp³-hybridized carbons (Fsp3) is 0.720. The smallest absolute Gasteiger partial charge is 0.306 e. The molecular formula is C25H33ClO6. The molecule has 0 aliphatic heterocycles. The summed E-state index contributed by atoms with van der Waals surface area (Å²) in [6.45, 7) is 7.51. The van der Waals surface area contributed by atoms with Crippen molar-refractivity contribution in [2.24, 2.45) is 34.5 Å². The molecule has 0 heterocycles. The molecule has 6 nitrogen and oxygen atoms in total. The van der Waals surface area contributed by atoms with Gasteiger partial charge in [-0.1, -0.05) is 39.3 Å². The number of alkyl halides is 1. The number of carbonyl (C=O) groups excluding carboxylic acids is 3. The number of rotatable bonds is 4. The van der Waals surface area contributed by atoms with Crippen LogP contribution in [-0.4, -0.2) is 51.4 Å². The number of fused-ring (bicyclic) bond motifs is 5. The number of halogens is 1. The van der Waals surface area contributed by atoms with Crippen LogP contribution in [0.4, 0.5) is 0 Å². The molecule has 0 spiro atoms. The van der Waals surface area contributed by atoms with E-state index in [4.69, 9.17) is 16.3 Å². The first kappa shape index (κ1) is 23.7. The van der Waals surface area contributed by atoms with E-state index in [0.29, 0.717) is 12.8 Å². The van der Waals surface area contributed by atoms with Gasteiger partial charge >= 0.3 is 5.97 Å². The molecule has 0 bridgehead atoms. The third kappa shape index (κ3) is 2.95. The van der Waals surface area contributed by atoms with Crippen molar-refractivity contribution in [1.82, 2.24) is 0 Å². The van der Waals surface area contributed by atoms with Gasteiger partial charge in [-0.25, -0.2) is 0 Å². The van der Waals surface area contributed by atoms with Gasteiger partial charge in [0.25, 0.3) is 0 Å². The molecular weight excluding hydrogens is 432 g/mol. The summed E-state index contributed by atoms with van der Waals surface area (Å²) in [6.07, 6.45) is 4.68. The van der Waals surface area contributed by atoms with E-state index in [1.165, 1.54) is 0 Å². The lowest BCUT2D eigenvalue weighted by atomic mass is 9.45. The summed E-state index contributed by atoms with van der Waals surface area (Å²) in [6, 6.07) is 0. The van der Waals surface area contributed by atoms with Crippen LogP contribution in [0.1, 0.15) is 53.4 Å². The van der Waals surface area contributed by atoms with Crippen LogP contribution < -0.4 is 0 Å². The molecule has 9 atom stereocenters. The quantitative estimate of drug-likeness (QED) is 0.490. The van der Waals surface area contributed by atoms with Crippen LogP contribution >= 0.6 is 11.6 Å². The Morgan fingerprint density at radius 3 is 2.56 bits per heavy atom. The fourth-order valence-corrected chi connectivity index (χ4v) is 8.03. The van der Waals surface area contributed by atoms with Crippen LogP contribution in [0.2, 0.25) is 0 Å². The van der Waals surface area contributed by atoms with Crippen molar-refractivity contribution in [3.8, 4) is 0 Å². The van der Waals surface area contributed by atoms with Crippen molar-refractivity contribution in [1.29, 1.82) is 0 Å². The molecule has 2 N–H and O–H groups in total. The Morgan fingerprint density at radius 2 is 1.94 bits per heavy atom. The number of carbonyl (C=O) groups is 3. The highest BCUT2D eigenvalue weighted by atomic mass is 35.5. The van der Waals surface area contributed by atoms with Gasteiger partial charge in [-0.15, -0.1) is 11.6 Å². The van der Waals surface area contributed by atoms with E-state index in [1.54, 1.807) is 19.1 Å². The van der Waals surface area contributed by atoms with Gasteiger partial charge in [0.1, 0.15) is 0 Å². The van der Waals surface area contributed by atoms with E-state index in [2.05, 4.69) is 0 Å². The molecule has 0 amide bonds.